The molecule has 0 aliphatic rings. The summed E-state index contributed by atoms with van der Waals surface area (Å²) in [5.41, 5.74) is 0. The van der Waals surface area contributed by atoms with Crippen molar-refractivity contribution < 1.29 is 28.6 Å². The van der Waals surface area contributed by atoms with Crippen LogP contribution in [-0.2, 0) is 28.6 Å². The normalized spacial score (nSPS) is 12.1. The highest BCUT2D eigenvalue weighted by atomic mass is 16.6. The number of ether oxygens (including phenoxy) is 3. The first-order chi connectivity index (χ1) is 29.6. The molecular formula is C55H106O6. The van der Waals surface area contributed by atoms with Gasteiger partial charge in [0.05, 0.1) is 0 Å². The molecule has 0 spiro atoms. The highest BCUT2D eigenvalue weighted by Gasteiger charge is 2.19. The molecule has 0 aliphatic heterocycles. The van der Waals surface area contributed by atoms with Crippen LogP contribution in [0.3, 0.4) is 0 Å². The van der Waals surface area contributed by atoms with Gasteiger partial charge in [0.25, 0.3) is 0 Å². The Balaban J connectivity index is 4.24. The Morgan fingerprint density at radius 1 is 0.279 bits per heavy atom. The third-order valence-electron chi connectivity index (χ3n) is 12.4. The minimum atomic E-state index is -0.763. The zero-order valence-corrected chi connectivity index (χ0v) is 42.0. The van der Waals surface area contributed by atoms with Gasteiger partial charge in [-0.05, 0) is 37.0 Å². The molecular weight excluding hydrogens is 757 g/mol. The summed E-state index contributed by atoms with van der Waals surface area (Å²) in [6.07, 6.45) is 46.8. The van der Waals surface area contributed by atoms with Crippen LogP contribution < -0.4 is 0 Å². The highest BCUT2D eigenvalue weighted by Crippen LogP contribution is 2.18. The lowest BCUT2D eigenvalue weighted by molar-refractivity contribution is -0.167. The van der Waals surface area contributed by atoms with Crippen LogP contribution in [0.25, 0.3) is 0 Å². The van der Waals surface area contributed by atoms with E-state index in [0.29, 0.717) is 19.3 Å². The van der Waals surface area contributed by atoms with Crippen molar-refractivity contribution in [2.24, 2.45) is 17.8 Å². The molecule has 0 unspecified atom stereocenters. The third-order valence-corrected chi connectivity index (χ3v) is 12.4. The average molecular weight is 863 g/mol. The van der Waals surface area contributed by atoms with Crippen LogP contribution in [0.5, 0.6) is 0 Å². The molecule has 0 fully saturated rings. The molecule has 0 aromatic heterocycles. The quantitative estimate of drug-likeness (QED) is 0.0344. The lowest BCUT2D eigenvalue weighted by Crippen LogP contribution is -2.30. The highest BCUT2D eigenvalue weighted by molar-refractivity contribution is 5.71. The van der Waals surface area contributed by atoms with Gasteiger partial charge < -0.3 is 14.2 Å². The van der Waals surface area contributed by atoms with E-state index in [2.05, 4.69) is 41.5 Å². The maximum absolute atomic E-state index is 12.8. The van der Waals surface area contributed by atoms with Gasteiger partial charge in [0, 0.05) is 19.3 Å². The van der Waals surface area contributed by atoms with Crippen molar-refractivity contribution in [2.75, 3.05) is 13.2 Å². The molecule has 0 heterocycles. The van der Waals surface area contributed by atoms with E-state index < -0.39 is 6.10 Å². The van der Waals surface area contributed by atoms with Crippen LogP contribution >= 0.6 is 0 Å². The van der Waals surface area contributed by atoms with Crippen molar-refractivity contribution in [1.82, 2.24) is 0 Å². The number of rotatable bonds is 48. The molecule has 0 radical (unpaired) electrons. The zero-order valence-electron chi connectivity index (χ0n) is 42.0. The van der Waals surface area contributed by atoms with Gasteiger partial charge in [-0.2, -0.15) is 0 Å². The molecule has 0 saturated carbocycles. The topological polar surface area (TPSA) is 78.9 Å². The number of esters is 3. The Morgan fingerprint density at radius 3 is 0.705 bits per heavy atom. The van der Waals surface area contributed by atoms with Crippen LogP contribution in [0.15, 0.2) is 0 Å². The molecule has 6 heteroatoms. The Kier molecular flexibility index (Phi) is 45.2. The molecule has 0 aromatic rings. The van der Waals surface area contributed by atoms with E-state index in [0.717, 1.165) is 75.5 Å². The number of carbonyl (C=O) groups excluding carboxylic acids is 3. The van der Waals surface area contributed by atoms with E-state index in [-0.39, 0.29) is 31.1 Å². The van der Waals surface area contributed by atoms with Crippen LogP contribution in [0.1, 0.15) is 298 Å². The molecule has 0 bridgehead atoms. The second-order valence-corrected chi connectivity index (χ2v) is 20.3. The van der Waals surface area contributed by atoms with Crippen molar-refractivity contribution in [3.8, 4) is 0 Å². The number of hydrogen-bond donors (Lipinski definition) is 0. The summed E-state index contributed by atoms with van der Waals surface area (Å²) in [6, 6.07) is 0. The lowest BCUT2D eigenvalue weighted by atomic mass is 10.0. The summed E-state index contributed by atoms with van der Waals surface area (Å²) in [6.45, 7) is 13.7. The van der Waals surface area contributed by atoms with Crippen molar-refractivity contribution in [3.63, 3.8) is 0 Å². The van der Waals surface area contributed by atoms with Crippen molar-refractivity contribution in [3.05, 3.63) is 0 Å². The Hall–Kier alpha value is -1.59. The van der Waals surface area contributed by atoms with Gasteiger partial charge in [-0.25, -0.2) is 0 Å². The molecule has 6 nitrogen and oxygen atoms in total. The smallest absolute Gasteiger partial charge is 0.306 e. The maximum atomic E-state index is 12.8. The minimum Gasteiger partial charge on any atom is -0.462 e. The maximum Gasteiger partial charge on any atom is 0.306 e. The summed E-state index contributed by atoms with van der Waals surface area (Å²) in [5.74, 6) is 1.60. The Labute approximate surface area is 380 Å². The monoisotopic (exact) mass is 863 g/mol. The average Bonchev–Trinajstić information content (AvgIpc) is 3.22. The first-order valence-corrected chi connectivity index (χ1v) is 27.1. The number of carbonyl (C=O) groups is 3. The molecule has 0 N–H and O–H groups in total. The van der Waals surface area contributed by atoms with Crippen LogP contribution in [0.4, 0.5) is 0 Å². The standard InChI is InChI=1S/C55H106O6/c1-49(2)41-35-29-23-19-15-11-8-7-9-13-17-21-25-32-38-44-53(56)59-47-52(48-60-54(57)45-39-33-28-27-31-37-43-51(5)6)61-55(58)46-40-34-26-22-18-14-10-12-16-20-24-30-36-42-50(3)4/h49-52H,7-48H2,1-6H3/t52-/m1/s1. The lowest BCUT2D eigenvalue weighted by Gasteiger charge is -2.18. The first kappa shape index (κ1) is 59.4. The van der Waals surface area contributed by atoms with Gasteiger partial charge in [-0.1, -0.05) is 260 Å². The molecule has 0 aromatic carbocycles. The fourth-order valence-corrected chi connectivity index (χ4v) is 8.29. The molecule has 0 saturated heterocycles. The van der Waals surface area contributed by atoms with Crippen molar-refractivity contribution >= 4 is 17.9 Å². The second kappa shape index (κ2) is 46.4. The third kappa shape index (κ3) is 49.3. The SMILES string of the molecule is CC(C)CCCCCCCCCCCCCCCCCC(=O)OC[C@H](COC(=O)CCCCCCCCC(C)C)OC(=O)CCCCCCCCCCCCCCCC(C)C. The van der Waals surface area contributed by atoms with E-state index in [1.807, 2.05) is 0 Å². The van der Waals surface area contributed by atoms with Crippen LogP contribution in [-0.4, -0.2) is 37.2 Å². The predicted molar refractivity (Wildman–Crippen MR) is 261 cm³/mol. The second-order valence-electron chi connectivity index (χ2n) is 20.3. The summed E-state index contributed by atoms with van der Waals surface area (Å²) < 4.78 is 16.8. The van der Waals surface area contributed by atoms with Crippen LogP contribution in [0, 0.1) is 17.8 Å². The predicted octanol–water partition coefficient (Wildman–Crippen LogP) is 17.6. The van der Waals surface area contributed by atoms with Gasteiger partial charge in [-0.15, -0.1) is 0 Å². The number of unbranched alkanes of at least 4 members (excludes halogenated alkanes) is 31. The summed E-state index contributed by atoms with van der Waals surface area (Å²) in [5, 5.41) is 0. The van der Waals surface area contributed by atoms with E-state index >= 15 is 0 Å². The molecule has 362 valence electrons. The molecule has 0 amide bonds. The molecule has 0 aliphatic carbocycles. The van der Waals surface area contributed by atoms with Gasteiger partial charge in [0.1, 0.15) is 13.2 Å². The largest absolute Gasteiger partial charge is 0.462 e. The van der Waals surface area contributed by atoms with Gasteiger partial charge in [0.15, 0.2) is 6.10 Å². The Morgan fingerprint density at radius 2 is 0.475 bits per heavy atom. The van der Waals surface area contributed by atoms with E-state index in [1.165, 1.54) is 180 Å². The van der Waals surface area contributed by atoms with Gasteiger partial charge in [-0.3, -0.25) is 14.4 Å². The zero-order chi connectivity index (χ0) is 44.9. The molecule has 0 rings (SSSR count). The van der Waals surface area contributed by atoms with Gasteiger partial charge in [0.2, 0.25) is 0 Å². The Bertz CT molecular complexity index is 945. The van der Waals surface area contributed by atoms with E-state index in [9.17, 15) is 14.4 Å². The summed E-state index contributed by atoms with van der Waals surface area (Å²) in [7, 11) is 0. The fraction of sp³-hybridized carbons (Fsp3) is 0.945. The summed E-state index contributed by atoms with van der Waals surface area (Å²) in [4.78, 5) is 38.0. The molecule has 61 heavy (non-hydrogen) atoms. The van der Waals surface area contributed by atoms with E-state index in [1.54, 1.807) is 0 Å². The van der Waals surface area contributed by atoms with Crippen molar-refractivity contribution in [2.45, 2.75) is 304 Å². The van der Waals surface area contributed by atoms with Gasteiger partial charge >= 0.3 is 17.9 Å². The minimum absolute atomic E-state index is 0.0648. The van der Waals surface area contributed by atoms with E-state index in [4.69, 9.17) is 14.2 Å². The summed E-state index contributed by atoms with van der Waals surface area (Å²) >= 11 is 0. The van der Waals surface area contributed by atoms with Crippen molar-refractivity contribution in [1.29, 1.82) is 0 Å². The van der Waals surface area contributed by atoms with Crippen LogP contribution in [0.2, 0.25) is 0 Å². The molecule has 1 atom stereocenters. The fourth-order valence-electron chi connectivity index (χ4n) is 8.29. The number of hydrogen-bond acceptors (Lipinski definition) is 6. The first-order valence-electron chi connectivity index (χ1n) is 27.1.